The summed E-state index contributed by atoms with van der Waals surface area (Å²) >= 11 is 0. The van der Waals surface area contributed by atoms with Crippen molar-refractivity contribution in [2.45, 2.75) is 77.6 Å². The molecule has 304 valence electrons. The first kappa shape index (κ1) is 43.4. The molecule has 18 heteroatoms. The number of anilines is 2. The van der Waals surface area contributed by atoms with E-state index in [0.29, 0.717) is 37.1 Å². The number of aryl methyl sites for hydroxylation is 3. The second-order valence-electron chi connectivity index (χ2n) is 13.4. The minimum atomic E-state index is -3.97. The predicted molar refractivity (Wildman–Crippen MR) is 211 cm³/mol. The van der Waals surface area contributed by atoms with Crippen molar-refractivity contribution in [3.8, 4) is 11.5 Å². The van der Waals surface area contributed by atoms with Crippen molar-refractivity contribution in [3.63, 3.8) is 0 Å². The number of carbonyl (C=O) groups is 4. The van der Waals surface area contributed by atoms with Gasteiger partial charge in [-0.2, -0.15) is 16.8 Å². The van der Waals surface area contributed by atoms with E-state index in [0.717, 1.165) is 53.6 Å². The van der Waals surface area contributed by atoms with Crippen molar-refractivity contribution in [3.05, 3.63) is 83.4 Å². The summed E-state index contributed by atoms with van der Waals surface area (Å²) in [6, 6.07) is 19.2. The first-order valence-corrected chi connectivity index (χ1v) is 21.4. The maximum absolute atomic E-state index is 12.0. The van der Waals surface area contributed by atoms with Crippen molar-refractivity contribution in [1.29, 1.82) is 0 Å². The average Bonchev–Trinajstić information content (AvgIpc) is 3.59. The summed E-state index contributed by atoms with van der Waals surface area (Å²) in [6.45, 7) is 2.67. The van der Waals surface area contributed by atoms with Crippen molar-refractivity contribution in [2.24, 2.45) is 0 Å². The third kappa shape index (κ3) is 13.1. The molecule has 5 rings (SSSR count). The highest BCUT2D eigenvalue weighted by Crippen LogP contribution is 2.33. The maximum atomic E-state index is 12.0. The molecule has 0 spiro atoms. The highest BCUT2D eigenvalue weighted by molar-refractivity contribution is 7.92. The van der Waals surface area contributed by atoms with Crippen LogP contribution in [0.15, 0.2) is 66.7 Å². The molecule has 0 bridgehead atoms. The highest BCUT2D eigenvalue weighted by Gasteiger charge is 2.36. The average molecular weight is 815 g/mol. The molecule has 2 fully saturated rings. The molecule has 0 atom stereocenters. The lowest BCUT2D eigenvalue weighted by Crippen LogP contribution is -2.29. The zero-order valence-electron chi connectivity index (χ0n) is 31.3. The summed E-state index contributed by atoms with van der Waals surface area (Å²) in [4.78, 5) is 46.5. The standard InChI is InChI=1S/C21H25N3O5S.C17H25N3O5S/c25-19-14-17(9-11-18(19)24-15-21(27)23-30(24,28)29)10-12-20(26)22-13-5-4-8-16-6-2-1-3-7-16;1-2-3-4-5-10-18-16(22)9-7-13-6-8-14(15(21)11-13)20-12-17(23)19-26(20,24)25/h1-3,6-7,9,11,14,25H,4-5,8,10,12-13,15H2,(H,22,26)(H,23,27);6,8,11,21H,2-5,7,9-10,12H2,1H3,(H,18,22)(H,19,23). The van der Waals surface area contributed by atoms with Crippen LogP contribution in [-0.2, 0) is 58.9 Å². The Morgan fingerprint density at radius 1 is 0.625 bits per heavy atom. The van der Waals surface area contributed by atoms with Crippen molar-refractivity contribution >= 4 is 55.4 Å². The van der Waals surface area contributed by atoms with Gasteiger partial charge in [-0.05, 0) is 79.5 Å². The number of nitrogens with one attached hydrogen (secondary N) is 4. The van der Waals surface area contributed by atoms with E-state index in [4.69, 9.17) is 0 Å². The van der Waals surface area contributed by atoms with Gasteiger partial charge in [-0.3, -0.25) is 19.2 Å². The summed E-state index contributed by atoms with van der Waals surface area (Å²) in [6.07, 6.45) is 8.64. The third-order valence-corrected chi connectivity index (χ3v) is 11.7. The molecule has 16 nitrogen and oxygen atoms in total. The minimum absolute atomic E-state index is 0.0277. The molecule has 2 aliphatic rings. The molecule has 0 unspecified atom stereocenters. The maximum Gasteiger partial charge on any atom is 0.326 e. The van der Waals surface area contributed by atoms with Gasteiger partial charge in [0.25, 0.3) is 11.8 Å². The second-order valence-corrected chi connectivity index (χ2v) is 16.6. The molecule has 0 saturated carbocycles. The fourth-order valence-corrected chi connectivity index (χ4v) is 8.32. The van der Waals surface area contributed by atoms with E-state index in [1.54, 1.807) is 12.1 Å². The van der Waals surface area contributed by atoms with E-state index < -0.39 is 32.2 Å². The number of phenols is 2. The van der Waals surface area contributed by atoms with Crippen LogP contribution in [0.25, 0.3) is 0 Å². The summed E-state index contributed by atoms with van der Waals surface area (Å²) in [5, 5.41) is 26.1. The Morgan fingerprint density at radius 3 is 1.50 bits per heavy atom. The molecule has 0 radical (unpaired) electrons. The molecule has 2 aliphatic heterocycles. The van der Waals surface area contributed by atoms with Gasteiger partial charge < -0.3 is 20.8 Å². The third-order valence-electron chi connectivity index (χ3n) is 8.95. The van der Waals surface area contributed by atoms with Crippen LogP contribution in [0.3, 0.4) is 0 Å². The molecule has 2 saturated heterocycles. The van der Waals surface area contributed by atoms with Crippen LogP contribution in [-0.4, -0.2) is 76.9 Å². The van der Waals surface area contributed by atoms with Crippen LogP contribution in [0.5, 0.6) is 11.5 Å². The van der Waals surface area contributed by atoms with E-state index in [-0.39, 0.29) is 60.6 Å². The van der Waals surface area contributed by atoms with Gasteiger partial charge in [0.2, 0.25) is 11.8 Å². The predicted octanol–water partition coefficient (Wildman–Crippen LogP) is 2.85. The Morgan fingerprint density at radius 2 is 1.09 bits per heavy atom. The summed E-state index contributed by atoms with van der Waals surface area (Å²) < 4.78 is 52.7. The number of nitrogens with zero attached hydrogens (tertiary/aromatic N) is 2. The van der Waals surface area contributed by atoms with Crippen molar-refractivity contribution in [2.75, 3.05) is 34.8 Å². The van der Waals surface area contributed by atoms with Crippen LogP contribution in [0.4, 0.5) is 11.4 Å². The van der Waals surface area contributed by atoms with E-state index in [2.05, 4.69) is 29.7 Å². The summed E-state index contributed by atoms with van der Waals surface area (Å²) in [5.74, 6) is -1.93. The number of aromatic hydroxyl groups is 2. The zero-order chi connectivity index (χ0) is 40.7. The Kier molecular flexibility index (Phi) is 15.9. The number of carbonyl (C=O) groups excluding carboxylic acids is 4. The van der Waals surface area contributed by atoms with Gasteiger partial charge in [0, 0.05) is 25.9 Å². The first-order chi connectivity index (χ1) is 26.7. The van der Waals surface area contributed by atoms with Crippen LogP contribution in [0.2, 0.25) is 0 Å². The monoisotopic (exact) mass is 814 g/mol. The molecule has 0 aliphatic carbocycles. The normalized spacial score (nSPS) is 15.4. The first-order valence-electron chi connectivity index (χ1n) is 18.6. The lowest BCUT2D eigenvalue weighted by atomic mass is 10.1. The lowest BCUT2D eigenvalue weighted by molar-refractivity contribution is -0.121. The quantitative estimate of drug-likeness (QED) is 0.103. The van der Waals surface area contributed by atoms with Crippen LogP contribution in [0, 0.1) is 0 Å². The molecule has 6 N–H and O–H groups in total. The minimum Gasteiger partial charge on any atom is -0.506 e. The van der Waals surface area contributed by atoms with Crippen molar-refractivity contribution < 1.29 is 46.2 Å². The van der Waals surface area contributed by atoms with Crippen LogP contribution < -0.4 is 28.7 Å². The van der Waals surface area contributed by atoms with Gasteiger partial charge in [-0.1, -0.05) is 68.7 Å². The Labute approximate surface area is 328 Å². The molecular formula is C38H50N6O10S2. The number of rotatable bonds is 18. The Bertz CT molecular complexity index is 2060. The Hall–Kier alpha value is -5.36. The molecular weight excluding hydrogens is 765 g/mol. The van der Waals surface area contributed by atoms with Crippen molar-refractivity contribution in [1.82, 2.24) is 20.1 Å². The number of unbranched alkanes of at least 4 members (excludes halogenated alkanes) is 4. The topological polar surface area (TPSA) is 232 Å². The highest BCUT2D eigenvalue weighted by atomic mass is 32.2. The number of phenolic OH excluding ortho intramolecular Hbond substituents is 2. The molecule has 2 heterocycles. The van der Waals surface area contributed by atoms with Gasteiger partial charge in [0.15, 0.2) is 0 Å². The number of hydrogen-bond donors (Lipinski definition) is 6. The van der Waals surface area contributed by atoms with Crippen LogP contribution >= 0.6 is 0 Å². The SMILES string of the molecule is CCCCCCNC(=O)CCc1ccc(N2CC(=O)NS2(=O)=O)c(O)c1.O=C(CCc1ccc(N2CC(=O)NS2(=O)=O)c(O)c1)NCCCCc1ccccc1. The lowest BCUT2D eigenvalue weighted by Gasteiger charge is -2.16. The van der Waals surface area contributed by atoms with E-state index in [9.17, 15) is 46.2 Å². The fourth-order valence-electron chi connectivity index (χ4n) is 5.99. The zero-order valence-corrected chi connectivity index (χ0v) is 33.0. The summed E-state index contributed by atoms with van der Waals surface area (Å²) in [5.41, 5.74) is 2.76. The molecule has 3 aromatic rings. The number of benzene rings is 3. The van der Waals surface area contributed by atoms with Crippen LogP contribution in [0.1, 0.15) is 75.0 Å². The molecule has 4 amide bonds. The number of amides is 4. The van der Waals surface area contributed by atoms with Gasteiger partial charge in [0.05, 0.1) is 11.4 Å². The largest absolute Gasteiger partial charge is 0.506 e. The second kappa shape index (κ2) is 20.5. The smallest absolute Gasteiger partial charge is 0.326 e. The van der Waals surface area contributed by atoms with Gasteiger partial charge in [-0.25, -0.2) is 18.1 Å². The fraction of sp³-hybridized carbons (Fsp3) is 0.421. The van der Waals surface area contributed by atoms with Gasteiger partial charge in [-0.15, -0.1) is 0 Å². The van der Waals surface area contributed by atoms with E-state index in [1.165, 1.54) is 29.8 Å². The van der Waals surface area contributed by atoms with E-state index in [1.807, 2.05) is 27.6 Å². The van der Waals surface area contributed by atoms with Gasteiger partial charge >= 0.3 is 20.4 Å². The molecule has 56 heavy (non-hydrogen) atoms. The van der Waals surface area contributed by atoms with Gasteiger partial charge in [0.1, 0.15) is 24.6 Å². The number of hydrogen-bond acceptors (Lipinski definition) is 10. The molecule has 3 aromatic carbocycles. The molecule has 0 aromatic heterocycles. The Balaban J connectivity index is 0.000000251. The van der Waals surface area contributed by atoms with E-state index >= 15 is 0 Å². The summed E-state index contributed by atoms with van der Waals surface area (Å²) in [7, 11) is -7.93.